The molecule has 0 spiro atoms. The molecule has 0 aliphatic carbocycles. The Labute approximate surface area is 238 Å². The van der Waals surface area contributed by atoms with E-state index in [1.54, 1.807) is 18.0 Å². The lowest BCUT2D eigenvalue weighted by Crippen LogP contribution is -2.25. The molecule has 0 unspecified atom stereocenters. The number of hydrogen-bond acceptors (Lipinski definition) is 3. The standard InChI is InChI=1S/C34H56N2O3/c1-3-4-5-6-7-8-9-10-11-12-13-14-15-16-17-18-19-20-21-26-34(38)35-28-27-33(37)31-29-36(39-2)32-25-23-22-24-30(31)32/h22-25,29H,3-21,26-28H2,1-2H3,(H,35,38). The van der Waals surface area contributed by atoms with Gasteiger partial charge in [-0.05, 0) is 12.5 Å². The molecule has 0 saturated carbocycles. The van der Waals surface area contributed by atoms with Crippen LogP contribution in [-0.4, -0.2) is 30.1 Å². The molecule has 5 nitrogen and oxygen atoms in total. The van der Waals surface area contributed by atoms with E-state index in [1.807, 2.05) is 24.3 Å². The van der Waals surface area contributed by atoms with Gasteiger partial charge in [0.05, 0.1) is 11.7 Å². The Balaban J connectivity index is 1.36. The number of benzene rings is 1. The van der Waals surface area contributed by atoms with Crippen LogP contribution in [-0.2, 0) is 4.79 Å². The molecule has 0 aliphatic rings. The van der Waals surface area contributed by atoms with Gasteiger partial charge in [0, 0.05) is 30.3 Å². The Bertz CT molecular complexity index is 920. The Kier molecular flexibility index (Phi) is 18.2. The number of amides is 1. The first-order valence-electron chi connectivity index (χ1n) is 16.1. The maximum atomic E-state index is 12.7. The van der Waals surface area contributed by atoms with Gasteiger partial charge in [0.1, 0.15) is 7.11 Å². The van der Waals surface area contributed by atoms with E-state index in [0.717, 1.165) is 23.7 Å². The molecular weight excluding hydrogens is 484 g/mol. The van der Waals surface area contributed by atoms with Crippen molar-refractivity contribution in [2.45, 2.75) is 142 Å². The number of hydrogen-bond donors (Lipinski definition) is 1. The van der Waals surface area contributed by atoms with Crippen molar-refractivity contribution in [2.24, 2.45) is 0 Å². The minimum absolute atomic E-state index is 0.0193. The quantitative estimate of drug-likeness (QED) is 0.101. The first-order chi connectivity index (χ1) is 19.2. The molecule has 0 aliphatic heterocycles. The van der Waals surface area contributed by atoms with Crippen LogP contribution in [0.3, 0.4) is 0 Å². The number of carbonyl (C=O) groups is 2. The number of aromatic nitrogens is 1. The smallest absolute Gasteiger partial charge is 0.220 e. The average Bonchev–Trinajstić information content (AvgIpc) is 3.33. The lowest BCUT2D eigenvalue weighted by atomic mass is 10.0. The fourth-order valence-corrected chi connectivity index (χ4v) is 5.43. The van der Waals surface area contributed by atoms with E-state index in [9.17, 15) is 9.59 Å². The summed E-state index contributed by atoms with van der Waals surface area (Å²) in [5, 5.41) is 3.79. The van der Waals surface area contributed by atoms with Crippen LogP contribution in [0.4, 0.5) is 0 Å². The van der Waals surface area contributed by atoms with Gasteiger partial charge in [-0.1, -0.05) is 141 Å². The number of carbonyl (C=O) groups excluding carboxylic acids is 2. The second kappa shape index (κ2) is 21.5. The van der Waals surface area contributed by atoms with Crippen LogP contribution < -0.4 is 10.2 Å². The van der Waals surface area contributed by atoms with Crippen LogP contribution in [0, 0.1) is 0 Å². The third-order valence-corrected chi connectivity index (χ3v) is 7.86. The summed E-state index contributed by atoms with van der Waals surface area (Å²) < 4.78 is 1.61. The zero-order valence-corrected chi connectivity index (χ0v) is 25.1. The highest BCUT2D eigenvalue weighted by Gasteiger charge is 2.15. The summed E-state index contributed by atoms with van der Waals surface area (Å²) in [6.07, 6.45) is 28.2. The maximum absolute atomic E-state index is 12.7. The molecule has 2 aromatic rings. The molecule has 0 saturated heterocycles. The fourth-order valence-electron chi connectivity index (χ4n) is 5.43. The topological polar surface area (TPSA) is 60.3 Å². The molecule has 5 heteroatoms. The summed E-state index contributed by atoms with van der Waals surface area (Å²) in [7, 11) is 1.58. The minimum atomic E-state index is 0.0193. The molecule has 0 atom stereocenters. The minimum Gasteiger partial charge on any atom is -0.417 e. The highest BCUT2D eigenvalue weighted by atomic mass is 16.6. The van der Waals surface area contributed by atoms with Crippen LogP contribution in [0.1, 0.15) is 152 Å². The van der Waals surface area contributed by atoms with Gasteiger partial charge in [-0.15, -0.1) is 0 Å². The van der Waals surface area contributed by atoms with Crippen molar-refractivity contribution in [2.75, 3.05) is 13.7 Å². The van der Waals surface area contributed by atoms with Crippen molar-refractivity contribution in [3.05, 3.63) is 36.0 Å². The molecule has 0 radical (unpaired) electrons. The molecule has 220 valence electrons. The van der Waals surface area contributed by atoms with E-state index < -0.39 is 0 Å². The third-order valence-electron chi connectivity index (χ3n) is 7.86. The van der Waals surface area contributed by atoms with Crippen molar-refractivity contribution in [1.82, 2.24) is 10.0 Å². The number of Topliss-reactive ketones (excluding diaryl/α,β-unsaturated/α-hetero) is 1. The summed E-state index contributed by atoms with van der Waals surface area (Å²) >= 11 is 0. The summed E-state index contributed by atoms with van der Waals surface area (Å²) in [5.74, 6) is 0.0693. The molecule has 1 N–H and O–H groups in total. The van der Waals surface area contributed by atoms with Gasteiger partial charge in [-0.3, -0.25) is 9.59 Å². The van der Waals surface area contributed by atoms with Crippen molar-refractivity contribution in [3.8, 4) is 0 Å². The number of fused-ring (bicyclic) bond motifs is 1. The number of nitrogens with zero attached hydrogens (tertiary/aromatic N) is 1. The van der Waals surface area contributed by atoms with E-state index in [4.69, 9.17) is 4.84 Å². The maximum Gasteiger partial charge on any atom is 0.220 e. The van der Waals surface area contributed by atoms with Crippen LogP contribution in [0.5, 0.6) is 0 Å². The van der Waals surface area contributed by atoms with E-state index in [0.29, 0.717) is 24.9 Å². The third kappa shape index (κ3) is 14.1. The van der Waals surface area contributed by atoms with E-state index >= 15 is 0 Å². The predicted octanol–water partition coefficient (Wildman–Crippen LogP) is 9.21. The van der Waals surface area contributed by atoms with E-state index in [-0.39, 0.29) is 11.7 Å². The summed E-state index contributed by atoms with van der Waals surface area (Å²) in [5.41, 5.74) is 1.51. The average molecular weight is 541 g/mol. The Morgan fingerprint density at radius 2 is 1.18 bits per heavy atom. The van der Waals surface area contributed by atoms with E-state index in [1.165, 1.54) is 109 Å². The zero-order chi connectivity index (χ0) is 28.0. The number of ketones is 1. The second-order valence-corrected chi connectivity index (χ2v) is 11.2. The zero-order valence-electron chi connectivity index (χ0n) is 25.1. The van der Waals surface area contributed by atoms with Crippen molar-refractivity contribution >= 4 is 22.6 Å². The van der Waals surface area contributed by atoms with Crippen LogP contribution >= 0.6 is 0 Å². The SMILES string of the molecule is CCCCCCCCCCCCCCCCCCCCCC(=O)NCCC(=O)c1cn(OC)c2ccccc12. The summed E-state index contributed by atoms with van der Waals surface area (Å²) in [6.45, 7) is 2.66. The Morgan fingerprint density at radius 1 is 0.692 bits per heavy atom. The van der Waals surface area contributed by atoms with Crippen molar-refractivity contribution in [1.29, 1.82) is 0 Å². The van der Waals surface area contributed by atoms with Gasteiger partial charge < -0.3 is 10.2 Å². The largest absolute Gasteiger partial charge is 0.417 e. The van der Waals surface area contributed by atoms with Crippen LogP contribution in [0.25, 0.3) is 10.9 Å². The van der Waals surface area contributed by atoms with Crippen LogP contribution in [0.2, 0.25) is 0 Å². The number of rotatable bonds is 25. The molecule has 1 aromatic carbocycles. The number of para-hydroxylation sites is 1. The molecule has 1 heterocycles. The molecule has 1 amide bonds. The number of nitrogens with one attached hydrogen (secondary N) is 1. The normalized spacial score (nSPS) is 11.2. The van der Waals surface area contributed by atoms with Gasteiger partial charge in [0.2, 0.25) is 5.91 Å². The van der Waals surface area contributed by atoms with Gasteiger partial charge in [0.15, 0.2) is 5.78 Å². The van der Waals surface area contributed by atoms with Crippen LogP contribution in [0.15, 0.2) is 30.5 Å². The monoisotopic (exact) mass is 540 g/mol. The second-order valence-electron chi connectivity index (χ2n) is 11.2. The lowest BCUT2D eigenvalue weighted by molar-refractivity contribution is -0.121. The van der Waals surface area contributed by atoms with Crippen molar-refractivity contribution in [3.63, 3.8) is 0 Å². The molecule has 1 aromatic heterocycles. The number of unbranched alkanes of at least 4 members (excludes halogenated alkanes) is 18. The highest BCUT2D eigenvalue weighted by Crippen LogP contribution is 2.21. The van der Waals surface area contributed by atoms with Gasteiger partial charge in [-0.2, -0.15) is 4.73 Å². The fraction of sp³-hybridized carbons (Fsp3) is 0.706. The first kappa shape index (κ1) is 32.9. The molecule has 2 rings (SSSR count). The first-order valence-corrected chi connectivity index (χ1v) is 16.1. The van der Waals surface area contributed by atoms with E-state index in [2.05, 4.69) is 12.2 Å². The van der Waals surface area contributed by atoms with Gasteiger partial charge in [0.25, 0.3) is 0 Å². The molecule has 0 bridgehead atoms. The predicted molar refractivity (Wildman–Crippen MR) is 164 cm³/mol. The van der Waals surface area contributed by atoms with Gasteiger partial charge in [-0.25, -0.2) is 0 Å². The summed E-state index contributed by atoms with van der Waals surface area (Å²) in [6, 6.07) is 7.70. The van der Waals surface area contributed by atoms with Gasteiger partial charge >= 0.3 is 0 Å². The Hall–Kier alpha value is -2.30. The Morgan fingerprint density at radius 3 is 1.69 bits per heavy atom. The molecule has 39 heavy (non-hydrogen) atoms. The lowest BCUT2D eigenvalue weighted by Gasteiger charge is -2.05. The van der Waals surface area contributed by atoms with Crippen molar-refractivity contribution < 1.29 is 14.4 Å². The summed E-state index contributed by atoms with van der Waals surface area (Å²) in [4.78, 5) is 30.2. The molecule has 0 fully saturated rings. The highest BCUT2D eigenvalue weighted by molar-refractivity contribution is 6.08. The molecular formula is C34H56N2O3.